The second-order valence-electron chi connectivity index (χ2n) is 12.3. The summed E-state index contributed by atoms with van der Waals surface area (Å²) in [4.78, 5) is 0. The van der Waals surface area contributed by atoms with Gasteiger partial charge in [0.2, 0.25) is 0 Å². The van der Waals surface area contributed by atoms with Gasteiger partial charge < -0.3 is 18.9 Å². The maximum atomic E-state index is 5.85. The molecule has 0 bridgehead atoms. The van der Waals surface area contributed by atoms with Crippen molar-refractivity contribution in [1.29, 1.82) is 0 Å². The molecular formula is C36H72O4. The first kappa shape index (κ1) is 37.9. The van der Waals surface area contributed by atoms with Gasteiger partial charge in [-0.05, 0) is 51.4 Å². The minimum Gasteiger partial charge on any atom is -0.381 e. The summed E-state index contributed by atoms with van der Waals surface area (Å²) < 4.78 is 23.4. The van der Waals surface area contributed by atoms with Crippen LogP contribution in [0, 0.1) is 0 Å². The zero-order chi connectivity index (χ0) is 28.3. The first-order valence-corrected chi connectivity index (χ1v) is 18.3. The SMILES string of the molecule is C1CCCCOCCCCCCCCCOCCCCCCCCCOCCCCCCCCCOCCCC1. The van der Waals surface area contributed by atoms with E-state index in [1.165, 1.54) is 180 Å². The van der Waals surface area contributed by atoms with Crippen LogP contribution >= 0.6 is 0 Å². The largest absolute Gasteiger partial charge is 0.381 e. The Morgan fingerprint density at radius 3 is 0.350 bits per heavy atom. The summed E-state index contributed by atoms with van der Waals surface area (Å²) in [6.07, 6.45) is 36.9. The molecule has 0 aliphatic carbocycles. The quantitative estimate of drug-likeness (QED) is 0.291. The van der Waals surface area contributed by atoms with Crippen molar-refractivity contribution in [2.45, 2.75) is 180 Å². The Kier molecular flexibility index (Phi) is 33.2. The molecule has 0 unspecified atom stereocenters. The van der Waals surface area contributed by atoms with E-state index in [2.05, 4.69) is 0 Å². The monoisotopic (exact) mass is 569 g/mol. The Morgan fingerprint density at radius 2 is 0.225 bits per heavy atom. The van der Waals surface area contributed by atoms with E-state index in [0.717, 1.165) is 52.9 Å². The van der Waals surface area contributed by atoms with Gasteiger partial charge in [0, 0.05) is 52.9 Å². The third kappa shape index (κ3) is 32.4. The molecule has 0 amide bonds. The molecule has 0 aromatic carbocycles. The standard InChI is InChI=1S/C36H72O4/c1-5-13-21-29-37-31-23-15-7-2-9-17-25-33-39-35-27-19-11-4-12-20-28-36-40-34-26-18-10-3-8-16-24-32-38-30-22-14-6-1/h1-36H2. The van der Waals surface area contributed by atoms with Crippen molar-refractivity contribution in [2.75, 3.05) is 52.9 Å². The van der Waals surface area contributed by atoms with Gasteiger partial charge >= 0.3 is 0 Å². The van der Waals surface area contributed by atoms with Gasteiger partial charge in [-0.2, -0.15) is 0 Å². The highest BCUT2D eigenvalue weighted by atomic mass is 16.5. The van der Waals surface area contributed by atoms with Crippen LogP contribution in [0.15, 0.2) is 0 Å². The van der Waals surface area contributed by atoms with Crippen molar-refractivity contribution in [3.63, 3.8) is 0 Å². The summed E-state index contributed by atoms with van der Waals surface area (Å²) in [5.74, 6) is 0. The van der Waals surface area contributed by atoms with E-state index in [1.807, 2.05) is 0 Å². The summed E-state index contributed by atoms with van der Waals surface area (Å²) in [5.41, 5.74) is 0. The van der Waals surface area contributed by atoms with E-state index < -0.39 is 0 Å². The first-order valence-electron chi connectivity index (χ1n) is 18.3. The average Bonchev–Trinajstić information content (AvgIpc) is 2.97. The molecule has 1 saturated heterocycles. The second kappa shape index (κ2) is 35.0. The number of hydrogen-bond donors (Lipinski definition) is 0. The lowest BCUT2D eigenvalue weighted by Crippen LogP contribution is -1.98. The fraction of sp³-hybridized carbons (Fsp3) is 1.00. The Labute approximate surface area is 251 Å². The zero-order valence-corrected chi connectivity index (χ0v) is 27.1. The maximum absolute atomic E-state index is 5.85. The lowest BCUT2D eigenvalue weighted by atomic mass is 10.1. The van der Waals surface area contributed by atoms with Crippen LogP contribution < -0.4 is 0 Å². The molecule has 4 heteroatoms. The third-order valence-electron chi connectivity index (χ3n) is 8.31. The molecule has 0 radical (unpaired) electrons. The smallest absolute Gasteiger partial charge is 0.0466 e. The molecule has 40 heavy (non-hydrogen) atoms. The molecule has 1 rings (SSSR count). The second-order valence-corrected chi connectivity index (χ2v) is 12.3. The summed E-state index contributed by atoms with van der Waals surface area (Å²) in [5, 5.41) is 0. The molecule has 240 valence electrons. The first-order chi connectivity index (χ1) is 20.0. The van der Waals surface area contributed by atoms with Crippen LogP contribution in [0.3, 0.4) is 0 Å². The fourth-order valence-corrected chi connectivity index (χ4v) is 5.58. The Hall–Kier alpha value is -0.160. The lowest BCUT2D eigenvalue weighted by molar-refractivity contribution is 0.123. The van der Waals surface area contributed by atoms with Crippen LogP contribution in [0.25, 0.3) is 0 Å². The molecular weight excluding hydrogens is 496 g/mol. The molecule has 0 atom stereocenters. The maximum Gasteiger partial charge on any atom is 0.0466 e. The minimum absolute atomic E-state index is 0.961. The van der Waals surface area contributed by atoms with Crippen molar-refractivity contribution in [1.82, 2.24) is 0 Å². The highest BCUT2D eigenvalue weighted by Gasteiger charge is 1.98. The highest BCUT2D eigenvalue weighted by molar-refractivity contribution is 4.51. The van der Waals surface area contributed by atoms with Crippen LogP contribution in [0.2, 0.25) is 0 Å². The Balaban J connectivity index is 2.00. The predicted molar refractivity (Wildman–Crippen MR) is 173 cm³/mol. The fourth-order valence-electron chi connectivity index (χ4n) is 5.58. The van der Waals surface area contributed by atoms with Gasteiger partial charge in [0.25, 0.3) is 0 Å². The number of ether oxygens (including phenoxy) is 4. The minimum atomic E-state index is 0.961. The van der Waals surface area contributed by atoms with Gasteiger partial charge in [-0.25, -0.2) is 0 Å². The van der Waals surface area contributed by atoms with Crippen molar-refractivity contribution in [2.24, 2.45) is 0 Å². The molecule has 0 saturated carbocycles. The molecule has 4 nitrogen and oxygen atoms in total. The van der Waals surface area contributed by atoms with Gasteiger partial charge in [-0.1, -0.05) is 128 Å². The summed E-state index contributed by atoms with van der Waals surface area (Å²) >= 11 is 0. The molecule has 0 aromatic heterocycles. The van der Waals surface area contributed by atoms with Gasteiger partial charge in [0.1, 0.15) is 0 Å². The molecule has 1 fully saturated rings. The summed E-state index contributed by atoms with van der Waals surface area (Å²) in [6.45, 7) is 7.69. The highest BCUT2D eigenvalue weighted by Crippen LogP contribution is 2.12. The van der Waals surface area contributed by atoms with E-state index >= 15 is 0 Å². The van der Waals surface area contributed by atoms with Crippen LogP contribution in [-0.4, -0.2) is 52.9 Å². The summed E-state index contributed by atoms with van der Waals surface area (Å²) in [7, 11) is 0. The van der Waals surface area contributed by atoms with Gasteiger partial charge in [-0.15, -0.1) is 0 Å². The predicted octanol–water partition coefficient (Wildman–Crippen LogP) is 11.0. The zero-order valence-electron chi connectivity index (χ0n) is 27.1. The Bertz CT molecular complexity index is 232. The van der Waals surface area contributed by atoms with Crippen LogP contribution in [0.4, 0.5) is 0 Å². The molecule has 1 aliphatic heterocycles. The van der Waals surface area contributed by atoms with Gasteiger partial charge in [-0.3, -0.25) is 0 Å². The molecule has 0 N–H and O–H groups in total. The van der Waals surface area contributed by atoms with Gasteiger partial charge in [0.05, 0.1) is 0 Å². The molecule has 1 aliphatic rings. The number of rotatable bonds is 0. The summed E-state index contributed by atoms with van der Waals surface area (Å²) in [6, 6.07) is 0. The molecule has 0 spiro atoms. The van der Waals surface area contributed by atoms with Crippen LogP contribution in [-0.2, 0) is 18.9 Å². The van der Waals surface area contributed by atoms with E-state index in [0.29, 0.717) is 0 Å². The third-order valence-corrected chi connectivity index (χ3v) is 8.31. The molecule has 1 heterocycles. The van der Waals surface area contributed by atoms with Gasteiger partial charge in [0.15, 0.2) is 0 Å². The normalized spacial score (nSPS) is 24.0. The Morgan fingerprint density at radius 1 is 0.125 bits per heavy atom. The van der Waals surface area contributed by atoms with E-state index in [9.17, 15) is 0 Å². The van der Waals surface area contributed by atoms with E-state index in [1.54, 1.807) is 0 Å². The van der Waals surface area contributed by atoms with Crippen molar-refractivity contribution < 1.29 is 18.9 Å². The van der Waals surface area contributed by atoms with Crippen molar-refractivity contribution in [3.8, 4) is 0 Å². The molecule has 0 aromatic rings. The van der Waals surface area contributed by atoms with Crippen LogP contribution in [0.1, 0.15) is 180 Å². The van der Waals surface area contributed by atoms with Crippen molar-refractivity contribution >= 4 is 0 Å². The van der Waals surface area contributed by atoms with Crippen LogP contribution in [0.5, 0.6) is 0 Å². The number of hydrogen-bond acceptors (Lipinski definition) is 4. The average molecular weight is 569 g/mol. The topological polar surface area (TPSA) is 36.9 Å². The van der Waals surface area contributed by atoms with Crippen molar-refractivity contribution in [3.05, 3.63) is 0 Å². The van der Waals surface area contributed by atoms with E-state index in [-0.39, 0.29) is 0 Å². The van der Waals surface area contributed by atoms with E-state index in [4.69, 9.17) is 18.9 Å². The lowest BCUT2D eigenvalue weighted by Gasteiger charge is -2.07.